The molecular formula is C20H17FN4O3S2. The van der Waals surface area contributed by atoms with Gasteiger partial charge in [0.1, 0.15) is 17.2 Å². The topological polar surface area (TPSA) is 94.0 Å². The molecule has 2 aromatic carbocycles. The number of benzene rings is 2. The zero-order valence-corrected chi connectivity index (χ0v) is 17.7. The molecule has 0 saturated heterocycles. The molecule has 0 fully saturated rings. The van der Waals surface area contributed by atoms with Crippen LogP contribution in [-0.2, 0) is 9.84 Å². The minimum absolute atomic E-state index is 0.0573. The third-order valence-electron chi connectivity index (χ3n) is 4.45. The van der Waals surface area contributed by atoms with Crippen molar-refractivity contribution < 1.29 is 17.6 Å². The van der Waals surface area contributed by atoms with E-state index in [0.29, 0.717) is 21.3 Å². The average molecular weight is 445 g/mol. The van der Waals surface area contributed by atoms with E-state index in [0.717, 1.165) is 0 Å². The zero-order valence-electron chi connectivity index (χ0n) is 16.1. The Morgan fingerprint density at radius 1 is 1.20 bits per heavy atom. The molecule has 0 aliphatic carbocycles. The van der Waals surface area contributed by atoms with Gasteiger partial charge < -0.3 is 5.32 Å². The molecule has 1 amide bonds. The summed E-state index contributed by atoms with van der Waals surface area (Å²) in [6.07, 6.45) is 0. The normalized spacial score (nSPS) is 11.7. The molecule has 0 saturated carbocycles. The molecule has 0 aliphatic rings. The predicted molar refractivity (Wildman–Crippen MR) is 114 cm³/mol. The van der Waals surface area contributed by atoms with Gasteiger partial charge in [0.05, 0.1) is 21.0 Å². The molecule has 0 unspecified atom stereocenters. The highest BCUT2D eigenvalue weighted by atomic mass is 32.2. The van der Waals surface area contributed by atoms with E-state index in [-0.39, 0.29) is 21.7 Å². The quantitative estimate of drug-likeness (QED) is 0.503. The van der Waals surface area contributed by atoms with Gasteiger partial charge in [0.25, 0.3) is 5.91 Å². The molecular weight excluding hydrogens is 427 g/mol. The van der Waals surface area contributed by atoms with Crippen LogP contribution in [0.5, 0.6) is 0 Å². The van der Waals surface area contributed by atoms with Gasteiger partial charge in [-0.05, 0) is 37.3 Å². The number of aryl methyl sites for hydroxylation is 1. The molecule has 0 atom stereocenters. The Hall–Kier alpha value is -3.11. The van der Waals surface area contributed by atoms with Crippen LogP contribution in [0.15, 0.2) is 53.4 Å². The van der Waals surface area contributed by atoms with Crippen LogP contribution in [0.4, 0.5) is 10.2 Å². The summed E-state index contributed by atoms with van der Waals surface area (Å²) in [5, 5.41) is 7.50. The lowest BCUT2D eigenvalue weighted by Crippen LogP contribution is -2.16. The Bertz CT molecular complexity index is 1380. The second-order valence-corrected chi connectivity index (χ2v) is 9.84. The summed E-state index contributed by atoms with van der Waals surface area (Å²) in [7, 11) is -3.43. The lowest BCUT2D eigenvalue weighted by Gasteiger charge is -2.08. The fourth-order valence-corrected chi connectivity index (χ4v) is 4.79. The lowest BCUT2D eigenvalue weighted by atomic mass is 10.2. The number of para-hydroxylation sites is 1. The number of hydrogen-bond acceptors (Lipinski definition) is 6. The van der Waals surface area contributed by atoms with Crippen molar-refractivity contribution in [2.45, 2.75) is 18.7 Å². The number of aromatic nitrogens is 3. The number of fused-ring (bicyclic) bond motifs is 1. The maximum Gasteiger partial charge on any atom is 0.256 e. The van der Waals surface area contributed by atoms with Gasteiger partial charge in [-0.2, -0.15) is 9.78 Å². The third-order valence-corrected chi connectivity index (χ3v) is 7.18. The number of halogens is 1. The molecule has 0 radical (unpaired) electrons. The van der Waals surface area contributed by atoms with E-state index in [2.05, 4.69) is 15.4 Å². The molecule has 2 heterocycles. The number of carbonyl (C=O) groups is 1. The number of nitrogens with one attached hydrogen (secondary N) is 1. The standard InChI is InChI=1S/C20H17FN4O3S2/c1-3-30(27,28)14-7-4-6-13(11-14)19(26)22-17-10-12(2)24-25(17)20-23-18-15(21)8-5-9-16(18)29-20/h4-11H,3H2,1-2H3,(H,22,26). The van der Waals surface area contributed by atoms with Crippen LogP contribution < -0.4 is 5.32 Å². The molecule has 4 aromatic rings. The van der Waals surface area contributed by atoms with Crippen LogP contribution in [0.1, 0.15) is 23.0 Å². The Morgan fingerprint density at radius 2 is 1.97 bits per heavy atom. The Morgan fingerprint density at radius 3 is 2.70 bits per heavy atom. The molecule has 1 N–H and O–H groups in total. The number of carbonyl (C=O) groups excluding carboxylic acids is 1. The highest BCUT2D eigenvalue weighted by Gasteiger charge is 2.18. The summed E-state index contributed by atoms with van der Waals surface area (Å²) >= 11 is 1.24. The fourth-order valence-electron chi connectivity index (χ4n) is 2.91. The number of sulfone groups is 1. The largest absolute Gasteiger partial charge is 0.306 e. The molecule has 2 aromatic heterocycles. The summed E-state index contributed by atoms with van der Waals surface area (Å²) in [4.78, 5) is 17.2. The van der Waals surface area contributed by atoms with E-state index in [9.17, 15) is 17.6 Å². The van der Waals surface area contributed by atoms with E-state index in [4.69, 9.17) is 0 Å². The SMILES string of the molecule is CCS(=O)(=O)c1cccc(C(=O)Nc2cc(C)nn2-c2nc3c(F)cccc3s2)c1. The number of hydrogen-bond donors (Lipinski definition) is 1. The molecule has 10 heteroatoms. The van der Waals surface area contributed by atoms with Crippen molar-refractivity contribution in [1.82, 2.24) is 14.8 Å². The fraction of sp³-hybridized carbons (Fsp3) is 0.150. The molecule has 0 spiro atoms. The number of nitrogens with zero attached hydrogens (tertiary/aromatic N) is 3. The first-order chi connectivity index (χ1) is 14.3. The number of anilines is 1. The minimum atomic E-state index is -3.43. The third kappa shape index (κ3) is 3.71. The number of thiazole rings is 1. The summed E-state index contributed by atoms with van der Waals surface area (Å²) in [6, 6.07) is 12.2. The molecule has 7 nitrogen and oxygen atoms in total. The molecule has 30 heavy (non-hydrogen) atoms. The number of rotatable bonds is 5. The second-order valence-electron chi connectivity index (χ2n) is 6.55. The van der Waals surface area contributed by atoms with Crippen molar-refractivity contribution >= 4 is 43.1 Å². The van der Waals surface area contributed by atoms with Gasteiger partial charge in [0.2, 0.25) is 5.13 Å². The Labute approximate surface area is 176 Å². The van der Waals surface area contributed by atoms with Crippen molar-refractivity contribution in [1.29, 1.82) is 0 Å². The van der Waals surface area contributed by atoms with Gasteiger partial charge in [-0.15, -0.1) is 0 Å². The van der Waals surface area contributed by atoms with Crippen LogP contribution in [0.25, 0.3) is 15.3 Å². The monoisotopic (exact) mass is 444 g/mol. The first-order valence-electron chi connectivity index (χ1n) is 9.05. The van der Waals surface area contributed by atoms with E-state index >= 15 is 0 Å². The van der Waals surface area contributed by atoms with Crippen molar-refractivity contribution in [2.75, 3.05) is 11.1 Å². The first kappa shape index (κ1) is 20.2. The van der Waals surface area contributed by atoms with E-state index < -0.39 is 21.6 Å². The average Bonchev–Trinajstić information content (AvgIpc) is 3.32. The highest BCUT2D eigenvalue weighted by molar-refractivity contribution is 7.91. The van der Waals surface area contributed by atoms with Crippen molar-refractivity contribution in [3.8, 4) is 5.13 Å². The Balaban J connectivity index is 1.69. The summed E-state index contributed by atoms with van der Waals surface area (Å²) in [5.41, 5.74) is 1.07. The second kappa shape index (κ2) is 7.62. The van der Waals surface area contributed by atoms with Crippen molar-refractivity contribution in [3.05, 3.63) is 65.6 Å². The molecule has 154 valence electrons. The predicted octanol–water partition coefficient (Wildman–Crippen LogP) is 3.98. The molecule has 4 rings (SSSR count). The van der Waals surface area contributed by atoms with Crippen LogP contribution in [0.3, 0.4) is 0 Å². The summed E-state index contributed by atoms with van der Waals surface area (Å²) < 4.78 is 40.3. The lowest BCUT2D eigenvalue weighted by molar-refractivity contribution is 0.102. The minimum Gasteiger partial charge on any atom is -0.306 e. The van der Waals surface area contributed by atoms with Crippen molar-refractivity contribution in [3.63, 3.8) is 0 Å². The maximum atomic E-state index is 14.0. The van der Waals surface area contributed by atoms with Crippen LogP contribution in [0.2, 0.25) is 0 Å². The zero-order chi connectivity index (χ0) is 21.5. The van der Waals surface area contributed by atoms with E-state index in [1.54, 1.807) is 32.0 Å². The van der Waals surface area contributed by atoms with Gasteiger partial charge in [-0.25, -0.2) is 17.8 Å². The summed E-state index contributed by atoms with van der Waals surface area (Å²) in [5.74, 6) is -0.631. The smallest absolute Gasteiger partial charge is 0.256 e. The molecule has 0 bridgehead atoms. The van der Waals surface area contributed by atoms with Crippen LogP contribution >= 0.6 is 11.3 Å². The number of amides is 1. The first-order valence-corrected chi connectivity index (χ1v) is 11.5. The highest BCUT2D eigenvalue weighted by Crippen LogP contribution is 2.29. The molecule has 0 aliphatic heterocycles. The van der Waals surface area contributed by atoms with Crippen LogP contribution in [-0.4, -0.2) is 34.8 Å². The van der Waals surface area contributed by atoms with Gasteiger partial charge in [0, 0.05) is 11.6 Å². The van der Waals surface area contributed by atoms with Gasteiger partial charge >= 0.3 is 0 Å². The van der Waals surface area contributed by atoms with E-state index in [1.807, 2.05) is 0 Å². The van der Waals surface area contributed by atoms with Gasteiger partial charge in [-0.1, -0.05) is 30.4 Å². The summed E-state index contributed by atoms with van der Waals surface area (Å²) in [6.45, 7) is 3.30. The van der Waals surface area contributed by atoms with Crippen LogP contribution in [0, 0.1) is 12.7 Å². The maximum absolute atomic E-state index is 14.0. The van der Waals surface area contributed by atoms with Gasteiger partial charge in [0.15, 0.2) is 9.84 Å². The van der Waals surface area contributed by atoms with Crippen molar-refractivity contribution in [2.24, 2.45) is 0 Å². The van der Waals surface area contributed by atoms with E-state index in [1.165, 1.54) is 46.4 Å². The van der Waals surface area contributed by atoms with Gasteiger partial charge in [-0.3, -0.25) is 4.79 Å². The Kier molecular flexibility index (Phi) is 5.12.